The van der Waals surface area contributed by atoms with Crippen molar-refractivity contribution in [3.63, 3.8) is 0 Å². The number of aryl methyl sites for hydroxylation is 1. The molecule has 1 saturated heterocycles. The fourth-order valence-corrected chi connectivity index (χ4v) is 4.40. The minimum absolute atomic E-state index is 0.229. The number of hydrogen-bond donors (Lipinski definition) is 3. The molecule has 0 unspecified atom stereocenters. The highest BCUT2D eigenvalue weighted by molar-refractivity contribution is 5.73. The Kier molecular flexibility index (Phi) is 6.55. The van der Waals surface area contributed by atoms with Gasteiger partial charge in [0, 0.05) is 0 Å². The van der Waals surface area contributed by atoms with Crippen LogP contribution >= 0.6 is 0 Å². The van der Waals surface area contributed by atoms with Crippen molar-refractivity contribution in [2.75, 3.05) is 32.0 Å². The van der Waals surface area contributed by atoms with Gasteiger partial charge in [0.05, 0.1) is 13.1 Å². The first kappa shape index (κ1) is 20.7. The number of imidazole rings is 1. The molecule has 0 aliphatic carbocycles. The van der Waals surface area contributed by atoms with Crippen molar-refractivity contribution in [3.05, 3.63) is 54.1 Å². The van der Waals surface area contributed by atoms with Gasteiger partial charge in [-0.25, -0.2) is 9.13 Å². The zero-order valence-corrected chi connectivity index (χ0v) is 17.9. The number of rotatable bonds is 8. The molecule has 0 spiro atoms. The highest BCUT2D eigenvalue weighted by Gasteiger charge is 2.24. The van der Waals surface area contributed by atoms with Crippen LogP contribution in [0.1, 0.15) is 24.8 Å². The lowest BCUT2D eigenvalue weighted by Crippen LogP contribution is -3.13. The van der Waals surface area contributed by atoms with Crippen LogP contribution < -0.4 is 19.9 Å². The number of likely N-dealkylation sites (tertiary alicyclic amines) is 1. The van der Waals surface area contributed by atoms with E-state index in [1.807, 2.05) is 47.9 Å². The van der Waals surface area contributed by atoms with Crippen molar-refractivity contribution < 1.29 is 19.3 Å². The number of ether oxygens (including phenoxy) is 1. The largest absolute Gasteiger partial charge is 0.491 e. The lowest BCUT2D eigenvalue weighted by atomic mass is 10.1. The number of fused-ring (bicyclic) bond motifs is 1. The monoisotopic (exact) mass is 410 g/mol. The van der Waals surface area contributed by atoms with Gasteiger partial charge in [-0.05, 0) is 50.5 Å². The number of quaternary nitrogens is 1. The van der Waals surface area contributed by atoms with Crippen molar-refractivity contribution in [1.82, 2.24) is 4.57 Å². The second kappa shape index (κ2) is 9.49. The smallest absolute Gasteiger partial charge is 0.356 e. The number of nitrogens with two attached hydrogens (primary N) is 1. The lowest BCUT2D eigenvalue weighted by molar-refractivity contribution is -0.905. The molecule has 1 aromatic heterocycles. The summed E-state index contributed by atoms with van der Waals surface area (Å²) in [7, 11) is 0. The molecule has 1 aliphatic heterocycles. The zero-order valence-electron chi connectivity index (χ0n) is 17.9. The van der Waals surface area contributed by atoms with Gasteiger partial charge in [0.1, 0.15) is 49.1 Å². The van der Waals surface area contributed by atoms with Crippen LogP contribution in [0.25, 0.3) is 11.0 Å². The Morgan fingerprint density at radius 3 is 2.60 bits per heavy atom. The Hall–Kier alpha value is -2.57. The predicted molar refractivity (Wildman–Crippen MR) is 119 cm³/mol. The van der Waals surface area contributed by atoms with E-state index in [4.69, 9.17) is 10.5 Å². The molecule has 2 aromatic carbocycles. The van der Waals surface area contributed by atoms with Crippen molar-refractivity contribution in [2.45, 2.75) is 45.4 Å². The summed E-state index contributed by atoms with van der Waals surface area (Å²) in [5.41, 5.74) is 9.93. The van der Waals surface area contributed by atoms with E-state index in [2.05, 4.69) is 16.7 Å². The molecule has 6 heteroatoms. The molecule has 2 heterocycles. The molecule has 1 aliphatic rings. The van der Waals surface area contributed by atoms with Crippen LogP contribution in [0.15, 0.2) is 48.5 Å². The van der Waals surface area contributed by atoms with Gasteiger partial charge in [0.15, 0.2) is 0 Å². The Morgan fingerprint density at radius 1 is 1.10 bits per heavy atom. The number of anilines is 1. The first-order valence-electron chi connectivity index (χ1n) is 11.1. The van der Waals surface area contributed by atoms with Crippen LogP contribution in [0, 0.1) is 6.92 Å². The van der Waals surface area contributed by atoms with Crippen LogP contribution in [0.5, 0.6) is 5.75 Å². The molecular formula is C24H34N4O2+2. The first-order valence-corrected chi connectivity index (χ1v) is 11.1. The number of aromatic nitrogens is 2. The third-order valence-corrected chi connectivity index (χ3v) is 6.12. The summed E-state index contributed by atoms with van der Waals surface area (Å²) in [6.07, 6.45) is 3.36. The summed E-state index contributed by atoms with van der Waals surface area (Å²) in [4.78, 5) is 1.66. The topological polar surface area (TPSA) is 68.7 Å². The van der Waals surface area contributed by atoms with Gasteiger partial charge < -0.3 is 14.7 Å². The molecule has 1 atom stereocenters. The van der Waals surface area contributed by atoms with Crippen molar-refractivity contribution in [1.29, 1.82) is 0 Å². The highest BCUT2D eigenvalue weighted by atomic mass is 16.5. The van der Waals surface area contributed by atoms with Gasteiger partial charge in [0.25, 0.3) is 0 Å². The third-order valence-electron chi connectivity index (χ3n) is 6.12. The van der Waals surface area contributed by atoms with Gasteiger partial charge in [-0.3, -0.25) is 5.73 Å². The van der Waals surface area contributed by atoms with E-state index in [1.54, 1.807) is 4.90 Å². The third kappa shape index (κ3) is 4.77. The average molecular weight is 411 g/mol. The maximum atomic E-state index is 10.6. The summed E-state index contributed by atoms with van der Waals surface area (Å²) in [5, 5.41) is 10.6. The zero-order chi connectivity index (χ0) is 20.9. The molecule has 4 rings (SSSR count). The van der Waals surface area contributed by atoms with Crippen LogP contribution in [0.2, 0.25) is 0 Å². The van der Waals surface area contributed by atoms with E-state index in [9.17, 15) is 5.11 Å². The van der Waals surface area contributed by atoms with Crippen LogP contribution in [-0.4, -0.2) is 42.0 Å². The summed E-state index contributed by atoms with van der Waals surface area (Å²) in [5.74, 6) is 1.46. The predicted octanol–water partition coefficient (Wildman–Crippen LogP) is 1.33. The number of hydrogen-bond acceptors (Lipinski definition) is 3. The average Bonchev–Trinajstić information content (AvgIpc) is 3.03. The van der Waals surface area contributed by atoms with Gasteiger partial charge in [-0.2, -0.15) is 0 Å². The molecule has 160 valence electrons. The van der Waals surface area contributed by atoms with Crippen LogP contribution in [-0.2, 0) is 13.1 Å². The summed E-state index contributed by atoms with van der Waals surface area (Å²) >= 11 is 0. The number of piperidine rings is 1. The minimum atomic E-state index is -0.648. The van der Waals surface area contributed by atoms with Crippen molar-refractivity contribution in [3.8, 4) is 5.75 Å². The number of nitrogens with zero attached hydrogens (tertiary/aromatic N) is 2. The Bertz CT molecular complexity index is 961. The number of aliphatic hydroxyl groups excluding tert-OH is 1. The number of benzene rings is 2. The number of nitrogen functional groups attached to an aromatic ring is 1. The Balaban J connectivity index is 1.46. The molecular weight excluding hydrogens is 376 g/mol. The van der Waals surface area contributed by atoms with E-state index in [1.165, 1.54) is 37.9 Å². The number of para-hydroxylation sites is 2. The molecule has 0 amide bonds. The molecule has 4 N–H and O–H groups in total. The lowest BCUT2D eigenvalue weighted by Gasteiger charge is -2.22. The Labute approximate surface area is 178 Å². The fourth-order valence-electron chi connectivity index (χ4n) is 4.40. The highest BCUT2D eigenvalue weighted by Crippen LogP contribution is 2.16. The first-order chi connectivity index (χ1) is 14.6. The van der Waals surface area contributed by atoms with Crippen LogP contribution in [0.4, 0.5) is 5.95 Å². The molecule has 3 aromatic rings. The van der Waals surface area contributed by atoms with Gasteiger partial charge in [-0.15, -0.1) is 0 Å². The summed E-state index contributed by atoms with van der Waals surface area (Å²) < 4.78 is 9.98. The maximum Gasteiger partial charge on any atom is 0.356 e. The summed E-state index contributed by atoms with van der Waals surface area (Å²) in [6, 6.07) is 16.1. The van der Waals surface area contributed by atoms with E-state index >= 15 is 0 Å². The van der Waals surface area contributed by atoms with E-state index in [-0.39, 0.29) is 6.61 Å². The molecule has 0 radical (unpaired) electrons. The van der Waals surface area contributed by atoms with E-state index in [0.29, 0.717) is 12.5 Å². The van der Waals surface area contributed by atoms with Crippen LogP contribution in [0.3, 0.4) is 0 Å². The molecule has 1 fully saturated rings. The number of aliphatic hydroxyl groups is 1. The minimum Gasteiger partial charge on any atom is -0.491 e. The molecule has 0 saturated carbocycles. The van der Waals surface area contributed by atoms with Gasteiger partial charge in [-0.1, -0.05) is 29.8 Å². The van der Waals surface area contributed by atoms with Crippen molar-refractivity contribution in [2.24, 2.45) is 0 Å². The normalized spacial score (nSPS) is 16.1. The fraction of sp³-hybridized carbons (Fsp3) is 0.458. The number of nitrogens with one attached hydrogen (secondary N) is 1. The molecule has 0 bridgehead atoms. The van der Waals surface area contributed by atoms with Gasteiger partial charge >= 0.3 is 5.95 Å². The second-order valence-corrected chi connectivity index (χ2v) is 8.45. The van der Waals surface area contributed by atoms with E-state index < -0.39 is 6.10 Å². The molecule has 6 nitrogen and oxygen atoms in total. The molecule has 30 heavy (non-hydrogen) atoms. The maximum absolute atomic E-state index is 10.6. The Morgan fingerprint density at radius 2 is 1.83 bits per heavy atom. The SMILES string of the molecule is Cc1ccc(OC[C@@H](O)C[n+]2c(N)n(CC[NH+]3CCCCC3)c3ccccc32)cc1. The van der Waals surface area contributed by atoms with Gasteiger partial charge in [0.2, 0.25) is 0 Å². The quantitative estimate of drug-likeness (QED) is 0.491. The van der Waals surface area contributed by atoms with E-state index in [0.717, 1.165) is 29.9 Å². The summed E-state index contributed by atoms with van der Waals surface area (Å²) in [6.45, 7) is 7.17. The standard InChI is InChI=1S/C24H32N4O2/c1-19-9-11-21(12-10-19)30-18-20(29)17-28-23-8-4-3-7-22(23)27(24(28)25)16-15-26-13-5-2-6-14-26/h3-4,7-12,20,25,29H,2,5-6,13-18H2,1H3/p+2/t20-/m0/s1. The van der Waals surface area contributed by atoms with Crippen molar-refractivity contribution >= 4 is 17.0 Å². The second-order valence-electron chi connectivity index (χ2n) is 8.45.